The summed E-state index contributed by atoms with van der Waals surface area (Å²) in [4.78, 5) is 46.1. The fourth-order valence-electron chi connectivity index (χ4n) is 4.35. The number of H-pyrrole nitrogens is 1. The molecule has 0 bridgehead atoms. The molecule has 0 spiro atoms. The van der Waals surface area contributed by atoms with Crippen LogP contribution in [0, 0.1) is 0 Å². The third-order valence-electron chi connectivity index (χ3n) is 6.30. The highest BCUT2D eigenvalue weighted by atomic mass is 16.5. The summed E-state index contributed by atoms with van der Waals surface area (Å²) in [7, 11) is 0. The molecule has 3 heterocycles. The number of rotatable bonds is 8. The van der Waals surface area contributed by atoms with E-state index in [1.807, 2.05) is 30.0 Å². The minimum atomic E-state index is -0.343. The van der Waals surface area contributed by atoms with Crippen molar-refractivity contribution in [2.24, 2.45) is 0 Å². The maximum absolute atomic E-state index is 12.7. The molecule has 2 saturated heterocycles. The molecule has 1 aromatic heterocycles. The third kappa shape index (κ3) is 5.99. The average Bonchev–Trinajstić information content (AvgIpc) is 3.39. The highest BCUT2D eigenvalue weighted by Gasteiger charge is 2.25. The number of ether oxygens (including phenoxy) is 1. The number of aryl methyl sites for hydroxylation is 1. The number of piperazine rings is 1. The number of benzene rings is 1. The van der Waals surface area contributed by atoms with Gasteiger partial charge in [0, 0.05) is 57.7 Å². The van der Waals surface area contributed by atoms with Crippen molar-refractivity contribution >= 4 is 11.8 Å². The van der Waals surface area contributed by atoms with E-state index in [-0.39, 0.29) is 35.9 Å². The Morgan fingerprint density at radius 1 is 1.00 bits per heavy atom. The first-order valence-electron chi connectivity index (χ1n) is 12.0. The van der Waals surface area contributed by atoms with Crippen LogP contribution >= 0.6 is 0 Å². The summed E-state index contributed by atoms with van der Waals surface area (Å²) in [6, 6.07) is 7.29. The summed E-state index contributed by atoms with van der Waals surface area (Å²) in [6.07, 6.45) is 2.61. The fraction of sp³-hybridized carbons (Fsp3) is 0.542. The number of amides is 2. The fourth-order valence-corrected chi connectivity index (χ4v) is 4.35. The largest absolute Gasteiger partial charge is 0.494 e. The molecule has 2 aliphatic rings. The Morgan fingerprint density at radius 2 is 1.74 bits per heavy atom. The van der Waals surface area contributed by atoms with Gasteiger partial charge in [-0.2, -0.15) is 0 Å². The molecule has 10 nitrogen and oxygen atoms in total. The molecule has 2 amide bonds. The van der Waals surface area contributed by atoms with Crippen LogP contribution in [-0.2, 0) is 16.0 Å². The number of nitrogens with one attached hydrogen (secondary N) is 1. The molecule has 2 aliphatic heterocycles. The van der Waals surface area contributed by atoms with Gasteiger partial charge in [-0.3, -0.25) is 19.3 Å². The molecule has 2 fully saturated rings. The number of carbonyl (C=O) groups is 2. The van der Waals surface area contributed by atoms with Gasteiger partial charge in [-0.1, -0.05) is 12.1 Å². The predicted octanol–water partition coefficient (Wildman–Crippen LogP) is 0.930. The number of likely N-dealkylation sites (tertiary alicyclic amines) is 1. The van der Waals surface area contributed by atoms with E-state index < -0.39 is 0 Å². The maximum Gasteiger partial charge on any atom is 0.273 e. The normalized spacial score (nSPS) is 16.6. The highest BCUT2D eigenvalue weighted by molar-refractivity contribution is 5.79. The molecule has 34 heavy (non-hydrogen) atoms. The van der Waals surface area contributed by atoms with Gasteiger partial charge in [-0.15, -0.1) is 10.2 Å². The van der Waals surface area contributed by atoms with E-state index in [4.69, 9.17) is 4.74 Å². The molecular formula is C24H32N6O4. The van der Waals surface area contributed by atoms with Crippen LogP contribution in [0.4, 0.5) is 0 Å². The summed E-state index contributed by atoms with van der Waals surface area (Å²) in [5.41, 5.74) is 0.608. The number of nitrogens with zero attached hydrogens (tertiary/aromatic N) is 5. The first kappa shape index (κ1) is 23.9. The molecule has 1 aromatic carbocycles. The van der Waals surface area contributed by atoms with Gasteiger partial charge in [-0.25, -0.2) is 0 Å². The molecule has 0 unspecified atom stereocenters. The van der Waals surface area contributed by atoms with Crippen molar-refractivity contribution in [2.45, 2.75) is 32.6 Å². The minimum absolute atomic E-state index is 0.0137. The van der Waals surface area contributed by atoms with Crippen LogP contribution < -0.4 is 10.3 Å². The van der Waals surface area contributed by atoms with Gasteiger partial charge in [0.25, 0.3) is 5.56 Å². The lowest BCUT2D eigenvalue weighted by atomic mass is 10.2. The van der Waals surface area contributed by atoms with Crippen LogP contribution in [0.15, 0.2) is 29.1 Å². The molecule has 0 radical (unpaired) electrons. The molecule has 0 saturated carbocycles. The smallest absolute Gasteiger partial charge is 0.273 e. The third-order valence-corrected chi connectivity index (χ3v) is 6.30. The Kier molecular flexibility index (Phi) is 7.89. The molecule has 10 heteroatoms. The van der Waals surface area contributed by atoms with E-state index in [0.717, 1.165) is 25.9 Å². The Labute approximate surface area is 198 Å². The Bertz CT molecular complexity index is 1060. The number of aromatic amines is 1. The van der Waals surface area contributed by atoms with Gasteiger partial charge < -0.3 is 19.5 Å². The van der Waals surface area contributed by atoms with Crippen LogP contribution in [0.2, 0.25) is 0 Å². The van der Waals surface area contributed by atoms with Crippen LogP contribution in [0.25, 0.3) is 11.4 Å². The zero-order chi connectivity index (χ0) is 23.9. The summed E-state index contributed by atoms with van der Waals surface area (Å²) >= 11 is 0. The van der Waals surface area contributed by atoms with Gasteiger partial charge in [0.1, 0.15) is 11.4 Å². The van der Waals surface area contributed by atoms with E-state index in [1.54, 1.807) is 11.0 Å². The first-order chi connectivity index (χ1) is 16.5. The molecule has 4 rings (SSSR count). The van der Waals surface area contributed by atoms with Crippen molar-refractivity contribution in [3.63, 3.8) is 0 Å². The predicted molar refractivity (Wildman–Crippen MR) is 126 cm³/mol. The van der Waals surface area contributed by atoms with Gasteiger partial charge in [0.15, 0.2) is 5.82 Å². The van der Waals surface area contributed by atoms with Crippen LogP contribution in [-0.4, -0.2) is 94.1 Å². The second-order valence-corrected chi connectivity index (χ2v) is 8.66. The van der Waals surface area contributed by atoms with Gasteiger partial charge in [0.2, 0.25) is 11.8 Å². The molecule has 1 N–H and O–H groups in total. The van der Waals surface area contributed by atoms with E-state index in [9.17, 15) is 14.4 Å². The zero-order valence-electron chi connectivity index (χ0n) is 19.7. The Morgan fingerprint density at radius 3 is 2.44 bits per heavy atom. The summed E-state index contributed by atoms with van der Waals surface area (Å²) < 4.78 is 5.49. The van der Waals surface area contributed by atoms with Crippen molar-refractivity contribution in [3.05, 3.63) is 40.3 Å². The standard InChI is InChI=1S/C24H32N6O4/c1-2-34-19-7-5-6-18(16-19)23-25-24(33)20(26-27-23)8-9-21(31)30-14-12-28(13-15-30)17-22(32)29-10-3-4-11-29/h5-7,16H,2-4,8-15,17H2,1H3,(H,25,27,33). The Balaban J connectivity index is 1.26. The monoisotopic (exact) mass is 468 g/mol. The van der Waals surface area contributed by atoms with E-state index in [1.165, 1.54) is 0 Å². The lowest BCUT2D eigenvalue weighted by molar-refractivity contribution is -0.134. The SMILES string of the molecule is CCOc1cccc(-c2nnc(CCC(=O)N3CCN(CC(=O)N4CCCC4)CC3)c(=O)[nH]2)c1. The number of hydrogen-bond donors (Lipinski definition) is 1. The van der Waals surface area contributed by atoms with Crippen molar-refractivity contribution < 1.29 is 14.3 Å². The van der Waals surface area contributed by atoms with Crippen molar-refractivity contribution in [1.29, 1.82) is 0 Å². The molecule has 0 atom stereocenters. The van der Waals surface area contributed by atoms with Crippen LogP contribution in [0.3, 0.4) is 0 Å². The van der Waals surface area contributed by atoms with E-state index >= 15 is 0 Å². The van der Waals surface area contributed by atoms with Gasteiger partial charge in [-0.05, 0) is 31.9 Å². The molecule has 2 aromatic rings. The Hall–Kier alpha value is -3.27. The minimum Gasteiger partial charge on any atom is -0.494 e. The van der Waals surface area contributed by atoms with E-state index in [2.05, 4.69) is 20.1 Å². The first-order valence-corrected chi connectivity index (χ1v) is 12.0. The van der Waals surface area contributed by atoms with Crippen molar-refractivity contribution in [2.75, 3.05) is 52.4 Å². The lowest BCUT2D eigenvalue weighted by Gasteiger charge is -2.35. The van der Waals surface area contributed by atoms with Crippen LogP contribution in [0.5, 0.6) is 5.75 Å². The number of hydrogen-bond acceptors (Lipinski definition) is 7. The second-order valence-electron chi connectivity index (χ2n) is 8.66. The van der Waals surface area contributed by atoms with Crippen molar-refractivity contribution in [1.82, 2.24) is 29.9 Å². The van der Waals surface area contributed by atoms with Crippen LogP contribution in [0.1, 0.15) is 31.9 Å². The summed E-state index contributed by atoms with van der Waals surface area (Å²) in [5, 5.41) is 8.22. The quantitative estimate of drug-likeness (QED) is 0.613. The molecular weight excluding hydrogens is 436 g/mol. The molecule has 182 valence electrons. The summed E-state index contributed by atoms with van der Waals surface area (Å²) in [6.45, 7) is 7.13. The van der Waals surface area contributed by atoms with E-state index in [0.29, 0.717) is 56.5 Å². The molecule has 0 aliphatic carbocycles. The average molecular weight is 469 g/mol. The topological polar surface area (TPSA) is 112 Å². The summed E-state index contributed by atoms with van der Waals surface area (Å²) in [5.74, 6) is 1.22. The maximum atomic E-state index is 12.7. The zero-order valence-corrected chi connectivity index (χ0v) is 19.7. The highest BCUT2D eigenvalue weighted by Crippen LogP contribution is 2.20. The lowest BCUT2D eigenvalue weighted by Crippen LogP contribution is -2.51. The second kappa shape index (κ2) is 11.2. The van der Waals surface area contributed by atoms with Gasteiger partial charge in [0.05, 0.1) is 13.2 Å². The number of aromatic nitrogens is 3. The van der Waals surface area contributed by atoms with Gasteiger partial charge >= 0.3 is 0 Å². The number of carbonyl (C=O) groups excluding carboxylic acids is 2. The van der Waals surface area contributed by atoms with Crippen molar-refractivity contribution in [3.8, 4) is 17.1 Å².